The van der Waals surface area contributed by atoms with Crippen molar-refractivity contribution in [3.8, 4) is 0 Å². The predicted octanol–water partition coefficient (Wildman–Crippen LogP) is 1.65. The summed E-state index contributed by atoms with van der Waals surface area (Å²) in [6.45, 7) is 2.70. The maximum absolute atomic E-state index is 13.7. The fraction of sp³-hybridized carbons (Fsp3) is 0.462. The van der Waals surface area contributed by atoms with Crippen molar-refractivity contribution in [1.29, 1.82) is 0 Å². The third kappa shape index (κ3) is 3.75. The molecule has 1 aromatic rings. The van der Waals surface area contributed by atoms with Crippen LogP contribution in [0.15, 0.2) is 22.7 Å². The highest BCUT2D eigenvalue weighted by molar-refractivity contribution is 9.10. The number of morpholine rings is 1. The molecular weight excluding hydrogens is 315 g/mol. The number of rotatable bonds is 3. The van der Waals surface area contributed by atoms with Crippen molar-refractivity contribution in [2.24, 2.45) is 0 Å². The molecule has 1 unspecified atom stereocenters. The molecule has 0 spiro atoms. The predicted molar refractivity (Wildman–Crippen MR) is 73.7 cm³/mol. The third-order valence-corrected chi connectivity index (χ3v) is 3.64. The Morgan fingerprint density at radius 3 is 3.16 bits per heavy atom. The summed E-state index contributed by atoms with van der Waals surface area (Å²) >= 11 is 3.06. The summed E-state index contributed by atoms with van der Waals surface area (Å²) in [6, 6.07) is 4.65. The highest BCUT2D eigenvalue weighted by atomic mass is 79.9. The van der Waals surface area contributed by atoms with Gasteiger partial charge in [-0.2, -0.15) is 0 Å². The van der Waals surface area contributed by atoms with Crippen LogP contribution in [-0.2, 0) is 4.74 Å². The van der Waals surface area contributed by atoms with Gasteiger partial charge in [0.15, 0.2) is 0 Å². The van der Waals surface area contributed by atoms with Gasteiger partial charge < -0.3 is 15.0 Å². The van der Waals surface area contributed by atoms with Gasteiger partial charge in [-0.25, -0.2) is 4.39 Å². The Labute approximate surface area is 120 Å². The van der Waals surface area contributed by atoms with Gasteiger partial charge in [0.05, 0.1) is 22.7 Å². The standard InChI is InChI=1S/C13H16BrFN2O2/c1-17-5-6-19-9(8-17)7-16-13(18)10-3-2-4-11(14)12(10)15/h2-4,9H,5-8H2,1H3,(H,16,18). The van der Waals surface area contributed by atoms with Crippen LogP contribution in [0.25, 0.3) is 0 Å². The van der Waals surface area contributed by atoms with E-state index >= 15 is 0 Å². The minimum Gasteiger partial charge on any atom is -0.374 e. The van der Waals surface area contributed by atoms with Gasteiger partial charge in [0, 0.05) is 19.6 Å². The molecule has 0 bridgehead atoms. The number of carbonyl (C=O) groups is 1. The smallest absolute Gasteiger partial charge is 0.254 e. The SMILES string of the molecule is CN1CCOC(CNC(=O)c2cccc(Br)c2F)C1. The molecule has 0 aromatic heterocycles. The average molecular weight is 331 g/mol. The molecule has 1 amide bonds. The second kappa shape index (κ2) is 6.45. The zero-order chi connectivity index (χ0) is 13.8. The molecule has 0 aliphatic carbocycles. The number of hydrogen-bond donors (Lipinski definition) is 1. The van der Waals surface area contributed by atoms with E-state index in [2.05, 4.69) is 26.1 Å². The molecule has 1 saturated heterocycles. The summed E-state index contributed by atoms with van der Waals surface area (Å²) in [5.74, 6) is -0.961. The number of amides is 1. The van der Waals surface area contributed by atoms with Crippen molar-refractivity contribution >= 4 is 21.8 Å². The lowest BCUT2D eigenvalue weighted by molar-refractivity contribution is -0.0175. The van der Waals surface area contributed by atoms with Crippen LogP contribution in [0.3, 0.4) is 0 Å². The molecule has 1 heterocycles. The van der Waals surface area contributed by atoms with Crippen LogP contribution in [0, 0.1) is 5.82 Å². The first kappa shape index (κ1) is 14.4. The average Bonchev–Trinajstić information content (AvgIpc) is 2.39. The third-order valence-electron chi connectivity index (χ3n) is 3.03. The first-order valence-electron chi connectivity index (χ1n) is 6.10. The zero-order valence-corrected chi connectivity index (χ0v) is 12.2. The van der Waals surface area contributed by atoms with Crippen molar-refractivity contribution in [3.05, 3.63) is 34.1 Å². The minimum absolute atomic E-state index is 0.0403. The maximum Gasteiger partial charge on any atom is 0.254 e. The van der Waals surface area contributed by atoms with E-state index in [4.69, 9.17) is 4.74 Å². The topological polar surface area (TPSA) is 41.6 Å². The van der Waals surface area contributed by atoms with Gasteiger partial charge >= 0.3 is 0 Å². The lowest BCUT2D eigenvalue weighted by Gasteiger charge is -2.30. The number of benzene rings is 1. The largest absolute Gasteiger partial charge is 0.374 e. The molecule has 1 aromatic carbocycles. The minimum atomic E-state index is -0.540. The van der Waals surface area contributed by atoms with Gasteiger partial charge in [0.25, 0.3) is 5.91 Å². The quantitative estimate of drug-likeness (QED) is 0.916. The van der Waals surface area contributed by atoms with Crippen LogP contribution >= 0.6 is 15.9 Å². The van der Waals surface area contributed by atoms with E-state index in [1.807, 2.05) is 7.05 Å². The molecule has 1 atom stereocenters. The normalized spacial score (nSPS) is 20.3. The highest BCUT2D eigenvalue weighted by Crippen LogP contribution is 2.18. The number of nitrogens with zero attached hydrogens (tertiary/aromatic N) is 1. The van der Waals surface area contributed by atoms with Gasteiger partial charge in [-0.15, -0.1) is 0 Å². The Morgan fingerprint density at radius 2 is 2.42 bits per heavy atom. The van der Waals surface area contributed by atoms with Crippen molar-refractivity contribution < 1.29 is 13.9 Å². The van der Waals surface area contributed by atoms with Crippen LogP contribution in [0.2, 0.25) is 0 Å². The number of likely N-dealkylation sites (N-methyl/N-ethyl adjacent to an activating group) is 1. The zero-order valence-electron chi connectivity index (χ0n) is 10.7. The van der Waals surface area contributed by atoms with Crippen molar-refractivity contribution in [2.45, 2.75) is 6.10 Å². The lowest BCUT2D eigenvalue weighted by Crippen LogP contribution is -2.46. The van der Waals surface area contributed by atoms with Gasteiger partial charge in [-0.1, -0.05) is 6.07 Å². The molecule has 6 heteroatoms. The summed E-state index contributed by atoms with van der Waals surface area (Å²) in [4.78, 5) is 14.0. The number of carbonyl (C=O) groups excluding carboxylic acids is 1. The number of nitrogens with one attached hydrogen (secondary N) is 1. The summed E-state index contributed by atoms with van der Waals surface area (Å²) in [5.41, 5.74) is 0.0403. The van der Waals surface area contributed by atoms with E-state index in [0.29, 0.717) is 13.2 Å². The number of halogens is 2. The molecule has 1 aliphatic rings. The Balaban J connectivity index is 1.92. The van der Waals surface area contributed by atoms with Gasteiger partial charge in [0.1, 0.15) is 5.82 Å². The monoisotopic (exact) mass is 330 g/mol. The van der Waals surface area contributed by atoms with E-state index in [1.54, 1.807) is 12.1 Å². The molecule has 1 N–H and O–H groups in total. The molecule has 104 valence electrons. The van der Waals surface area contributed by atoms with E-state index in [-0.39, 0.29) is 16.1 Å². The summed E-state index contributed by atoms with van der Waals surface area (Å²) in [6.07, 6.45) is -0.0436. The first-order chi connectivity index (χ1) is 9.08. The van der Waals surface area contributed by atoms with Gasteiger partial charge in [-0.05, 0) is 35.1 Å². The van der Waals surface area contributed by atoms with Gasteiger partial charge in [0.2, 0.25) is 0 Å². The Hall–Kier alpha value is -0.980. The van der Waals surface area contributed by atoms with Crippen molar-refractivity contribution in [2.75, 3.05) is 33.3 Å². The summed E-state index contributed by atoms with van der Waals surface area (Å²) in [5, 5.41) is 2.71. The Morgan fingerprint density at radius 1 is 1.63 bits per heavy atom. The molecule has 1 fully saturated rings. The lowest BCUT2D eigenvalue weighted by atomic mass is 10.2. The first-order valence-corrected chi connectivity index (χ1v) is 6.89. The second-order valence-electron chi connectivity index (χ2n) is 4.57. The fourth-order valence-corrected chi connectivity index (χ4v) is 2.34. The van der Waals surface area contributed by atoms with E-state index < -0.39 is 11.7 Å². The molecule has 19 heavy (non-hydrogen) atoms. The molecule has 2 rings (SSSR count). The molecular formula is C13H16BrFN2O2. The van der Waals surface area contributed by atoms with Gasteiger partial charge in [-0.3, -0.25) is 4.79 Å². The maximum atomic E-state index is 13.7. The van der Waals surface area contributed by atoms with Crippen LogP contribution in [-0.4, -0.2) is 50.2 Å². The van der Waals surface area contributed by atoms with Crippen LogP contribution in [0.1, 0.15) is 10.4 Å². The van der Waals surface area contributed by atoms with Crippen LogP contribution < -0.4 is 5.32 Å². The van der Waals surface area contributed by atoms with E-state index in [1.165, 1.54) is 6.07 Å². The van der Waals surface area contributed by atoms with Crippen molar-refractivity contribution in [3.63, 3.8) is 0 Å². The fourth-order valence-electron chi connectivity index (χ4n) is 1.97. The highest BCUT2D eigenvalue weighted by Gasteiger charge is 2.20. The number of ether oxygens (including phenoxy) is 1. The summed E-state index contributed by atoms with van der Waals surface area (Å²) in [7, 11) is 2.01. The molecule has 0 saturated carbocycles. The molecule has 4 nitrogen and oxygen atoms in total. The molecule has 0 radical (unpaired) electrons. The second-order valence-corrected chi connectivity index (χ2v) is 5.42. The van der Waals surface area contributed by atoms with E-state index in [0.717, 1.165) is 13.1 Å². The number of hydrogen-bond acceptors (Lipinski definition) is 3. The Bertz CT molecular complexity index is 470. The Kier molecular flexibility index (Phi) is 4.90. The summed E-state index contributed by atoms with van der Waals surface area (Å²) < 4.78 is 19.5. The van der Waals surface area contributed by atoms with Crippen LogP contribution in [0.4, 0.5) is 4.39 Å². The van der Waals surface area contributed by atoms with Crippen molar-refractivity contribution in [1.82, 2.24) is 10.2 Å². The van der Waals surface area contributed by atoms with E-state index in [9.17, 15) is 9.18 Å². The molecule has 1 aliphatic heterocycles. The van der Waals surface area contributed by atoms with Crippen LogP contribution in [0.5, 0.6) is 0 Å².